The lowest BCUT2D eigenvalue weighted by Gasteiger charge is -2.19. The minimum atomic E-state index is 0.499. The predicted octanol–water partition coefficient (Wildman–Crippen LogP) is 5.68. The van der Waals surface area contributed by atoms with E-state index in [9.17, 15) is 0 Å². The molecule has 0 radical (unpaired) electrons. The zero-order valence-electron chi connectivity index (χ0n) is 11.6. The van der Waals surface area contributed by atoms with E-state index in [1.54, 1.807) is 0 Å². The summed E-state index contributed by atoms with van der Waals surface area (Å²) in [6, 6.07) is 7.00. The maximum atomic E-state index is 3.86. The smallest absolute Gasteiger partial charge is 0.0420 e. The van der Waals surface area contributed by atoms with Crippen molar-refractivity contribution in [3.8, 4) is 0 Å². The number of alkyl halides is 1. The zero-order valence-corrected chi connectivity index (χ0v) is 13.2. The average Bonchev–Trinajstić information content (AvgIpc) is 2.37. The maximum Gasteiger partial charge on any atom is 0.0420 e. The molecule has 17 heavy (non-hydrogen) atoms. The van der Waals surface area contributed by atoms with Crippen LogP contribution in [-0.4, -0.2) is 0 Å². The van der Waals surface area contributed by atoms with Crippen molar-refractivity contribution in [1.29, 1.82) is 0 Å². The number of benzene rings is 1. The Kier molecular flexibility index (Phi) is 6.26. The molecule has 1 heteroatoms. The Morgan fingerprint density at radius 2 is 1.71 bits per heavy atom. The summed E-state index contributed by atoms with van der Waals surface area (Å²) >= 11 is 3.86. The molecule has 0 aliphatic carbocycles. The standard InChI is InChI=1S/C16H25Br/c1-5-8-12(4)16(17)15-10-9-13(6-2)14(7-3)11-15/h9-12,16H,5-8H2,1-4H3. The summed E-state index contributed by atoms with van der Waals surface area (Å²) in [5.41, 5.74) is 4.46. The Balaban J connectivity index is 2.91. The maximum absolute atomic E-state index is 3.86. The van der Waals surface area contributed by atoms with Gasteiger partial charge in [0.2, 0.25) is 0 Å². The Morgan fingerprint density at radius 1 is 1.06 bits per heavy atom. The molecule has 0 spiro atoms. The van der Waals surface area contributed by atoms with Crippen LogP contribution in [0.1, 0.15) is 62.1 Å². The Morgan fingerprint density at radius 3 is 2.24 bits per heavy atom. The van der Waals surface area contributed by atoms with Gasteiger partial charge in [-0.25, -0.2) is 0 Å². The average molecular weight is 297 g/mol. The number of aryl methyl sites for hydroxylation is 2. The summed E-state index contributed by atoms with van der Waals surface area (Å²) in [4.78, 5) is 0.499. The summed E-state index contributed by atoms with van der Waals surface area (Å²) in [6.45, 7) is 9.08. The molecule has 1 rings (SSSR count). The molecular formula is C16H25Br. The molecule has 0 nitrogen and oxygen atoms in total. The molecule has 1 aromatic rings. The molecule has 0 saturated heterocycles. The molecule has 0 saturated carbocycles. The third-order valence-corrected chi connectivity index (χ3v) is 4.99. The van der Waals surface area contributed by atoms with Crippen molar-refractivity contribution < 1.29 is 0 Å². The van der Waals surface area contributed by atoms with Crippen LogP contribution in [0.2, 0.25) is 0 Å². The highest BCUT2D eigenvalue weighted by Crippen LogP contribution is 2.34. The van der Waals surface area contributed by atoms with Crippen LogP contribution in [0, 0.1) is 5.92 Å². The zero-order chi connectivity index (χ0) is 12.8. The minimum Gasteiger partial charge on any atom is -0.0836 e. The normalized spacial score (nSPS) is 14.6. The lowest BCUT2D eigenvalue weighted by molar-refractivity contribution is 0.518. The molecule has 0 heterocycles. The largest absolute Gasteiger partial charge is 0.0836 e. The molecule has 2 atom stereocenters. The highest BCUT2D eigenvalue weighted by atomic mass is 79.9. The SMILES string of the molecule is CCCC(C)C(Br)c1ccc(CC)c(CC)c1. The molecule has 1 aromatic carbocycles. The summed E-state index contributed by atoms with van der Waals surface area (Å²) in [5.74, 6) is 0.706. The van der Waals surface area contributed by atoms with Crippen molar-refractivity contribution >= 4 is 15.9 Å². The highest BCUT2D eigenvalue weighted by molar-refractivity contribution is 9.09. The molecule has 0 fully saturated rings. The fourth-order valence-electron chi connectivity index (χ4n) is 2.42. The van der Waals surface area contributed by atoms with E-state index in [0.29, 0.717) is 10.7 Å². The van der Waals surface area contributed by atoms with Crippen LogP contribution >= 0.6 is 15.9 Å². The highest BCUT2D eigenvalue weighted by Gasteiger charge is 2.16. The van der Waals surface area contributed by atoms with Gasteiger partial charge in [-0.2, -0.15) is 0 Å². The van der Waals surface area contributed by atoms with Crippen LogP contribution in [0.3, 0.4) is 0 Å². The van der Waals surface area contributed by atoms with Crippen molar-refractivity contribution in [2.45, 2.75) is 58.2 Å². The van der Waals surface area contributed by atoms with Gasteiger partial charge >= 0.3 is 0 Å². The van der Waals surface area contributed by atoms with Crippen molar-refractivity contribution in [3.05, 3.63) is 34.9 Å². The van der Waals surface area contributed by atoms with Crippen LogP contribution in [0.4, 0.5) is 0 Å². The lowest BCUT2D eigenvalue weighted by Crippen LogP contribution is -2.04. The van der Waals surface area contributed by atoms with Gasteiger partial charge in [-0.1, -0.05) is 68.2 Å². The van der Waals surface area contributed by atoms with Gasteiger partial charge in [0.25, 0.3) is 0 Å². The second kappa shape index (κ2) is 7.20. The first-order valence-corrected chi connectivity index (χ1v) is 7.81. The first-order chi connectivity index (χ1) is 8.13. The Labute approximate surface area is 115 Å². The van der Waals surface area contributed by atoms with Gasteiger partial charge in [0, 0.05) is 4.83 Å². The van der Waals surface area contributed by atoms with E-state index < -0.39 is 0 Å². The minimum absolute atomic E-state index is 0.499. The van der Waals surface area contributed by atoms with E-state index in [0.717, 1.165) is 12.8 Å². The Bertz CT molecular complexity index is 343. The van der Waals surface area contributed by atoms with Crippen LogP contribution in [-0.2, 0) is 12.8 Å². The van der Waals surface area contributed by atoms with E-state index in [1.165, 1.54) is 29.5 Å². The first kappa shape index (κ1) is 14.8. The van der Waals surface area contributed by atoms with Crippen LogP contribution in [0.15, 0.2) is 18.2 Å². The van der Waals surface area contributed by atoms with E-state index >= 15 is 0 Å². The number of hydrogen-bond acceptors (Lipinski definition) is 0. The van der Waals surface area contributed by atoms with Crippen LogP contribution in [0.25, 0.3) is 0 Å². The van der Waals surface area contributed by atoms with E-state index in [-0.39, 0.29) is 0 Å². The quantitative estimate of drug-likeness (QED) is 0.592. The summed E-state index contributed by atoms with van der Waals surface area (Å²) in [6.07, 6.45) is 4.82. The predicted molar refractivity (Wildman–Crippen MR) is 80.9 cm³/mol. The van der Waals surface area contributed by atoms with E-state index in [1.807, 2.05) is 0 Å². The number of hydrogen-bond donors (Lipinski definition) is 0. The fraction of sp³-hybridized carbons (Fsp3) is 0.625. The number of rotatable bonds is 6. The van der Waals surface area contributed by atoms with E-state index in [2.05, 4.69) is 61.8 Å². The summed E-state index contributed by atoms with van der Waals surface area (Å²) < 4.78 is 0. The molecule has 0 amide bonds. The molecule has 96 valence electrons. The molecule has 0 aromatic heterocycles. The van der Waals surface area contributed by atoms with Gasteiger partial charge < -0.3 is 0 Å². The topological polar surface area (TPSA) is 0 Å². The lowest BCUT2D eigenvalue weighted by atomic mass is 9.93. The third kappa shape index (κ3) is 3.84. The molecule has 0 aliphatic heterocycles. The number of halogens is 1. The van der Waals surface area contributed by atoms with Gasteiger partial charge in [0.15, 0.2) is 0 Å². The Hall–Kier alpha value is -0.300. The molecule has 2 unspecified atom stereocenters. The molecular weight excluding hydrogens is 272 g/mol. The van der Waals surface area contributed by atoms with Crippen molar-refractivity contribution in [2.75, 3.05) is 0 Å². The second-order valence-electron chi connectivity index (χ2n) is 4.90. The van der Waals surface area contributed by atoms with E-state index in [4.69, 9.17) is 0 Å². The van der Waals surface area contributed by atoms with Gasteiger partial charge in [0.05, 0.1) is 0 Å². The van der Waals surface area contributed by atoms with Gasteiger partial charge in [-0.05, 0) is 41.9 Å². The molecule has 0 bridgehead atoms. The van der Waals surface area contributed by atoms with Crippen LogP contribution < -0.4 is 0 Å². The third-order valence-electron chi connectivity index (χ3n) is 3.55. The van der Waals surface area contributed by atoms with Gasteiger partial charge in [0.1, 0.15) is 0 Å². The second-order valence-corrected chi connectivity index (χ2v) is 5.89. The molecule has 0 N–H and O–H groups in total. The van der Waals surface area contributed by atoms with Crippen LogP contribution in [0.5, 0.6) is 0 Å². The summed E-state index contributed by atoms with van der Waals surface area (Å²) in [5, 5.41) is 0. The van der Waals surface area contributed by atoms with Gasteiger partial charge in [-0.3, -0.25) is 0 Å². The monoisotopic (exact) mass is 296 g/mol. The van der Waals surface area contributed by atoms with Crippen molar-refractivity contribution in [2.24, 2.45) is 5.92 Å². The van der Waals surface area contributed by atoms with Crippen molar-refractivity contribution in [3.63, 3.8) is 0 Å². The first-order valence-electron chi connectivity index (χ1n) is 6.89. The molecule has 0 aliphatic rings. The van der Waals surface area contributed by atoms with Gasteiger partial charge in [-0.15, -0.1) is 0 Å². The van der Waals surface area contributed by atoms with Crippen molar-refractivity contribution in [1.82, 2.24) is 0 Å². The fourth-order valence-corrected chi connectivity index (χ4v) is 2.97. The summed E-state index contributed by atoms with van der Waals surface area (Å²) in [7, 11) is 0.